The number of esters is 1. The van der Waals surface area contributed by atoms with E-state index in [9.17, 15) is 4.79 Å². The molecule has 5 rings (SSSR count). The normalized spacial score (nSPS) is 18.8. The molecule has 0 unspecified atom stereocenters. The third kappa shape index (κ3) is 4.60. The summed E-state index contributed by atoms with van der Waals surface area (Å²) in [6, 6.07) is 37.5. The maximum Gasteiger partial charge on any atom is 0.341 e. The molecule has 1 aliphatic heterocycles. The van der Waals surface area contributed by atoms with Gasteiger partial charge >= 0.3 is 5.97 Å². The van der Waals surface area contributed by atoms with Gasteiger partial charge in [-0.25, -0.2) is 9.79 Å². The number of hydrogen-bond donors (Lipinski definition) is 0. The Morgan fingerprint density at radius 2 is 1.43 bits per heavy atom. The third-order valence-corrected chi connectivity index (χ3v) is 6.72. The SMILES string of the molecule is CCOC(=O)[C@]1(c2ccccc2)N=C(c2ccccc2)N(Cc2ccc(OC)cc2)[C@@H]1c1ccccc1. The van der Waals surface area contributed by atoms with Crippen molar-refractivity contribution in [3.63, 3.8) is 0 Å². The van der Waals surface area contributed by atoms with E-state index in [1.54, 1.807) is 7.11 Å². The van der Waals surface area contributed by atoms with Crippen LogP contribution in [0.2, 0.25) is 0 Å². The van der Waals surface area contributed by atoms with Gasteiger partial charge in [-0.05, 0) is 35.7 Å². The Kier molecular flexibility index (Phi) is 7.04. The van der Waals surface area contributed by atoms with Gasteiger partial charge in [0.25, 0.3) is 0 Å². The first-order valence-electron chi connectivity index (χ1n) is 12.5. The number of ether oxygens (including phenoxy) is 2. The fourth-order valence-corrected chi connectivity index (χ4v) is 5.04. The van der Waals surface area contributed by atoms with E-state index in [1.807, 2.05) is 97.9 Å². The van der Waals surface area contributed by atoms with Crippen molar-refractivity contribution in [2.75, 3.05) is 13.7 Å². The molecule has 4 aromatic rings. The molecule has 37 heavy (non-hydrogen) atoms. The average molecular weight is 491 g/mol. The largest absolute Gasteiger partial charge is 0.497 e. The molecule has 1 aliphatic rings. The van der Waals surface area contributed by atoms with Crippen molar-refractivity contribution in [1.82, 2.24) is 4.90 Å². The molecule has 0 aromatic heterocycles. The molecule has 5 nitrogen and oxygen atoms in total. The van der Waals surface area contributed by atoms with Crippen LogP contribution < -0.4 is 4.74 Å². The van der Waals surface area contributed by atoms with Gasteiger partial charge in [0.05, 0.1) is 19.8 Å². The molecule has 0 bridgehead atoms. The Bertz CT molecular complexity index is 1360. The lowest BCUT2D eigenvalue weighted by molar-refractivity contribution is -0.151. The number of nitrogens with zero attached hydrogens (tertiary/aromatic N) is 2. The van der Waals surface area contributed by atoms with Gasteiger partial charge in [0, 0.05) is 12.1 Å². The van der Waals surface area contributed by atoms with Gasteiger partial charge in [-0.1, -0.05) is 103 Å². The first kappa shape index (κ1) is 24.3. The highest BCUT2D eigenvalue weighted by molar-refractivity contribution is 6.04. The van der Waals surface area contributed by atoms with Crippen molar-refractivity contribution in [2.45, 2.75) is 25.0 Å². The first-order valence-corrected chi connectivity index (χ1v) is 12.5. The molecule has 0 spiro atoms. The van der Waals surface area contributed by atoms with Gasteiger partial charge < -0.3 is 14.4 Å². The topological polar surface area (TPSA) is 51.1 Å². The van der Waals surface area contributed by atoms with Crippen LogP contribution in [-0.2, 0) is 21.6 Å². The summed E-state index contributed by atoms with van der Waals surface area (Å²) in [6.45, 7) is 2.65. The van der Waals surface area contributed by atoms with Crippen LogP contribution in [0.4, 0.5) is 0 Å². The van der Waals surface area contributed by atoms with E-state index in [-0.39, 0.29) is 12.6 Å². The van der Waals surface area contributed by atoms with Gasteiger partial charge in [0.2, 0.25) is 5.54 Å². The van der Waals surface area contributed by atoms with Crippen molar-refractivity contribution in [3.05, 3.63) is 138 Å². The van der Waals surface area contributed by atoms with Gasteiger partial charge in [-0.15, -0.1) is 0 Å². The molecule has 0 saturated heterocycles. The van der Waals surface area contributed by atoms with Gasteiger partial charge in [0.1, 0.15) is 11.6 Å². The van der Waals surface area contributed by atoms with Crippen molar-refractivity contribution >= 4 is 11.8 Å². The number of carbonyl (C=O) groups is 1. The summed E-state index contributed by atoms with van der Waals surface area (Å²) < 4.78 is 11.1. The van der Waals surface area contributed by atoms with Crippen LogP contribution in [0.3, 0.4) is 0 Å². The van der Waals surface area contributed by atoms with Crippen molar-refractivity contribution in [1.29, 1.82) is 0 Å². The minimum Gasteiger partial charge on any atom is -0.497 e. The second-order valence-corrected chi connectivity index (χ2v) is 8.94. The number of rotatable bonds is 8. The zero-order valence-electron chi connectivity index (χ0n) is 21.1. The molecule has 186 valence electrons. The van der Waals surface area contributed by atoms with E-state index in [1.165, 1.54) is 0 Å². The Balaban J connectivity index is 1.76. The third-order valence-electron chi connectivity index (χ3n) is 6.72. The maximum atomic E-state index is 14.0. The number of carbonyl (C=O) groups excluding carboxylic acids is 1. The van der Waals surface area contributed by atoms with Crippen LogP contribution >= 0.6 is 0 Å². The highest BCUT2D eigenvalue weighted by Gasteiger charge is 2.57. The first-order chi connectivity index (χ1) is 18.2. The zero-order valence-corrected chi connectivity index (χ0v) is 21.1. The van der Waals surface area contributed by atoms with Crippen LogP contribution in [0.5, 0.6) is 5.75 Å². The van der Waals surface area contributed by atoms with Crippen molar-refractivity contribution in [3.8, 4) is 5.75 Å². The highest BCUT2D eigenvalue weighted by atomic mass is 16.5. The fourth-order valence-electron chi connectivity index (χ4n) is 5.04. The monoisotopic (exact) mass is 490 g/mol. The van der Waals surface area contributed by atoms with Crippen molar-refractivity contribution < 1.29 is 14.3 Å². The van der Waals surface area contributed by atoms with Gasteiger partial charge in [0.15, 0.2) is 0 Å². The molecule has 0 aliphatic carbocycles. The summed E-state index contributed by atoms with van der Waals surface area (Å²) in [5.41, 5.74) is 2.53. The quantitative estimate of drug-likeness (QED) is 0.278. The Morgan fingerprint density at radius 3 is 2.03 bits per heavy atom. The predicted octanol–water partition coefficient (Wildman–Crippen LogP) is 6.16. The molecule has 5 heteroatoms. The van der Waals surface area contributed by atoms with E-state index in [2.05, 4.69) is 29.2 Å². The van der Waals surface area contributed by atoms with Crippen LogP contribution in [-0.4, -0.2) is 30.4 Å². The number of amidine groups is 1. The predicted molar refractivity (Wildman–Crippen MR) is 145 cm³/mol. The molecular weight excluding hydrogens is 460 g/mol. The molecule has 0 radical (unpaired) electrons. The number of hydrogen-bond acceptors (Lipinski definition) is 5. The summed E-state index contributed by atoms with van der Waals surface area (Å²) >= 11 is 0. The lowest BCUT2D eigenvalue weighted by atomic mass is 9.79. The molecule has 2 atom stereocenters. The molecule has 1 heterocycles. The van der Waals surface area contributed by atoms with Crippen LogP contribution in [0, 0.1) is 0 Å². The summed E-state index contributed by atoms with van der Waals surface area (Å²) in [5.74, 6) is 1.19. The average Bonchev–Trinajstić information content (AvgIpc) is 3.31. The summed E-state index contributed by atoms with van der Waals surface area (Å²) in [4.78, 5) is 21.6. The molecule has 0 fully saturated rings. The van der Waals surface area contributed by atoms with Crippen LogP contribution in [0.25, 0.3) is 0 Å². The Hall–Kier alpha value is -4.38. The van der Waals surface area contributed by atoms with Crippen molar-refractivity contribution in [2.24, 2.45) is 4.99 Å². The molecular formula is C32H30N2O3. The summed E-state index contributed by atoms with van der Waals surface area (Å²) in [5, 5.41) is 0. The Morgan fingerprint density at radius 1 is 0.838 bits per heavy atom. The smallest absolute Gasteiger partial charge is 0.341 e. The number of methoxy groups -OCH3 is 1. The van der Waals surface area contributed by atoms with E-state index in [0.717, 1.165) is 33.8 Å². The second kappa shape index (κ2) is 10.7. The van der Waals surface area contributed by atoms with E-state index in [0.29, 0.717) is 6.54 Å². The summed E-state index contributed by atoms with van der Waals surface area (Å²) in [7, 11) is 1.66. The molecule has 4 aromatic carbocycles. The minimum absolute atomic E-state index is 0.267. The lowest BCUT2D eigenvalue weighted by Gasteiger charge is -2.37. The maximum absolute atomic E-state index is 14.0. The highest BCUT2D eigenvalue weighted by Crippen LogP contribution is 2.50. The lowest BCUT2D eigenvalue weighted by Crippen LogP contribution is -2.44. The van der Waals surface area contributed by atoms with Gasteiger partial charge in [-0.3, -0.25) is 0 Å². The van der Waals surface area contributed by atoms with E-state index in [4.69, 9.17) is 14.5 Å². The molecule has 0 N–H and O–H groups in total. The standard InChI is InChI=1S/C32H30N2O3/c1-3-37-31(35)32(27-17-11-6-12-18-27)29(25-13-7-4-8-14-25)34(23-24-19-21-28(36-2)22-20-24)30(33-32)26-15-9-5-10-16-26/h4-22,29H,3,23H2,1-2H3/t29-,32-/m1/s1. The zero-order chi connectivity index (χ0) is 25.7. The second-order valence-electron chi connectivity index (χ2n) is 8.94. The number of aliphatic imine (C=N–C) groups is 1. The summed E-state index contributed by atoms with van der Waals surface area (Å²) in [6.07, 6.45) is 0. The van der Waals surface area contributed by atoms with Crippen LogP contribution in [0.1, 0.15) is 35.2 Å². The molecule has 0 saturated carbocycles. The Labute approximate surface area is 218 Å². The number of benzene rings is 4. The van der Waals surface area contributed by atoms with Gasteiger partial charge in [-0.2, -0.15) is 0 Å². The van der Waals surface area contributed by atoms with E-state index >= 15 is 0 Å². The van der Waals surface area contributed by atoms with Crippen LogP contribution in [0.15, 0.2) is 120 Å². The molecule has 0 amide bonds. The fraction of sp³-hybridized carbons (Fsp3) is 0.188. The van der Waals surface area contributed by atoms with E-state index < -0.39 is 11.6 Å². The minimum atomic E-state index is -1.28.